The molecule has 0 radical (unpaired) electrons. The van der Waals surface area contributed by atoms with Crippen LogP contribution in [0.15, 0.2) is 18.2 Å². The molecule has 2 heterocycles. The first-order valence-electron chi connectivity index (χ1n) is 6.51. The minimum Gasteiger partial charge on any atom is -0.496 e. The maximum Gasteiger partial charge on any atom is 0.261 e. The van der Waals surface area contributed by atoms with Crippen molar-refractivity contribution >= 4 is 34.0 Å². The number of rotatable bonds is 3. The lowest BCUT2D eigenvalue weighted by molar-refractivity contribution is 0.102. The van der Waals surface area contributed by atoms with Gasteiger partial charge in [0.1, 0.15) is 5.75 Å². The molecule has 1 aromatic heterocycles. The number of nitrogens with one attached hydrogen (secondary N) is 2. The van der Waals surface area contributed by atoms with Crippen molar-refractivity contribution in [3.05, 3.63) is 39.4 Å². The second-order valence-corrected chi connectivity index (χ2v) is 6.13. The number of halogens is 1. The molecule has 1 aromatic carbocycles. The van der Waals surface area contributed by atoms with E-state index in [4.69, 9.17) is 16.3 Å². The van der Waals surface area contributed by atoms with Crippen LogP contribution in [0.4, 0.5) is 5.13 Å². The van der Waals surface area contributed by atoms with Crippen molar-refractivity contribution in [3.8, 4) is 5.75 Å². The Bertz CT molecular complexity index is 663. The Labute approximate surface area is 131 Å². The second-order valence-electron chi connectivity index (χ2n) is 4.61. The Morgan fingerprint density at radius 1 is 1.52 bits per heavy atom. The molecule has 0 spiro atoms. The minimum atomic E-state index is -0.248. The van der Waals surface area contributed by atoms with E-state index >= 15 is 0 Å². The Kier molecular flexibility index (Phi) is 4.10. The number of fused-ring (bicyclic) bond motifs is 1. The topological polar surface area (TPSA) is 63.2 Å². The molecule has 0 saturated carbocycles. The normalized spacial score (nSPS) is 13.6. The first kappa shape index (κ1) is 14.3. The zero-order valence-corrected chi connectivity index (χ0v) is 13.0. The van der Waals surface area contributed by atoms with Crippen LogP contribution in [0.5, 0.6) is 5.75 Å². The predicted octanol–water partition coefficient (Wildman–Crippen LogP) is 2.70. The molecule has 2 aromatic rings. The standard InChI is InChI=1S/C14H14ClN3O2S/c1-20-11-6-8(15)2-3-9(11)13(19)18-14-17-10-4-5-16-7-12(10)21-14/h2-3,6,16H,4-5,7H2,1H3,(H,17,18,19). The van der Waals surface area contributed by atoms with Crippen molar-refractivity contribution in [2.45, 2.75) is 13.0 Å². The van der Waals surface area contributed by atoms with E-state index in [0.717, 1.165) is 25.2 Å². The summed E-state index contributed by atoms with van der Waals surface area (Å²) in [5.74, 6) is 0.200. The number of hydrogen-bond acceptors (Lipinski definition) is 5. The van der Waals surface area contributed by atoms with E-state index in [1.54, 1.807) is 18.2 Å². The van der Waals surface area contributed by atoms with E-state index in [9.17, 15) is 4.79 Å². The lowest BCUT2D eigenvalue weighted by atomic mass is 10.2. The predicted molar refractivity (Wildman–Crippen MR) is 83.5 cm³/mol. The Balaban J connectivity index is 1.81. The zero-order chi connectivity index (χ0) is 14.8. The van der Waals surface area contributed by atoms with Gasteiger partial charge < -0.3 is 10.1 Å². The molecule has 3 rings (SSSR count). The van der Waals surface area contributed by atoms with E-state index in [0.29, 0.717) is 21.5 Å². The van der Waals surface area contributed by atoms with Crippen LogP contribution in [0.25, 0.3) is 0 Å². The van der Waals surface area contributed by atoms with Crippen LogP contribution in [0.3, 0.4) is 0 Å². The lowest BCUT2D eigenvalue weighted by Gasteiger charge is -2.09. The molecule has 2 N–H and O–H groups in total. The van der Waals surface area contributed by atoms with E-state index in [1.165, 1.54) is 23.3 Å². The van der Waals surface area contributed by atoms with Gasteiger partial charge in [0.2, 0.25) is 0 Å². The quantitative estimate of drug-likeness (QED) is 0.911. The highest BCUT2D eigenvalue weighted by atomic mass is 35.5. The highest BCUT2D eigenvalue weighted by Gasteiger charge is 2.18. The molecule has 110 valence electrons. The number of nitrogens with zero attached hydrogens (tertiary/aromatic N) is 1. The smallest absolute Gasteiger partial charge is 0.261 e. The molecule has 7 heteroatoms. The summed E-state index contributed by atoms with van der Waals surface area (Å²) in [6.45, 7) is 1.74. The third kappa shape index (κ3) is 3.02. The molecule has 1 aliphatic heterocycles. The van der Waals surface area contributed by atoms with Crippen molar-refractivity contribution in [2.24, 2.45) is 0 Å². The van der Waals surface area contributed by atoms with Crippen molar-refractivity contribution < 1.29 is 9.53 Å². The first-order chi connectivity index (χ1) is 10.2. The van der Waals surface area contributed by atoms with Crippen molar-refractivity contribution in [1.82, 2.24) is 10.3 Å². The molecular formula is C14H14ClN3O2S. The summed E-state index contributed by atoms with van der Waals surface area (Å²) in [7, 11) is 1.51. The summed E-state index contributed by atoms with van der Waals surface area (Å²) in [5, 5.41) is 7.26. The average molecular weight is 324 g/mol. The molecule has 0 saturated heterocycles. The largest absolute Gasteiger partial charge is 0.496 e. The fourth-order valence-corrected chi connectivity index (χ4v) is 3.33. The summed E-state index contributed by atoms with van der Waals surface area (Å²) in [5.41, 5.74) is 1.50. The number of benzene rings is 1. The van der Waals surface area contributed by atoms with Crippen LogP contribution in [0.2, 0.25) is 5.02 Å². The van der Waals surface area contributed by atoms with Crippen LogP contribution in [-0.2, 0) is 13.0 Å². The van der Waals surface area contributed by atoms with Gasteiger partial charge in [-0.1, -0.05) is 11.6 Å². The Morgan fingerprint density at radius 3 is 3.14 bits per heavy atom. The Hall–Kier alpha value is -1.63. The van der Waals surface area contributed by atoms with Gasteiger partial charge in [0.15, 0.2) is 5.13 Å². The van der Waals surface area contributed by atoms with Gasteiger partial charge in [-0.05, 0) is 18.2 Å². The summed E-state index contributed by atoms with van der Waals surface area (Å²) >= 11 is 7.40. The number of carbonyl (C=O) groups excluding carboxylic acids is 1. The van der Waals surface area contributed by atoms with Crippen molar-refractivity contribution in [3.63, 3.8) is 0 Å². The van der Waals surface area contributed by atoms with E-state index < -0.39 is 0 Å². The molecule has 1 amide bonds. The van der Waals surface area contributed by atoms with Gasteiger partial charge >= 0.3 is 0 Å². The average Bonchev–Trinajstić information content (AvgIpc) is 2.88. The molecular weight excluding hydrogens is 310 g/mol. The minimum absolute atomic E-state index is 0.248. The second kappa shape index (κ2) is 6.01. The first-order valence-corrected chi connectivity index (χ1v) is 7.71. The fraction of sp³-hybridized carbons (Fsp3) is 0.286. The molecule has 1 aliphatic rings. The van der Waals surface area contributed by atoms with Gasteiger partial charge in [-0.25, -0.2) is 4.98 Å². The van der Waals surface area contributed by atoms with Gasteiger partial charge in [-0.15, -0.1) is 11.3 Å². The van der Waals surface area contributed by atoms with Crippen molar-refractivity contribution in [1.29, 1.82) is 0 Å². The molecule has 21 heavy (non-hydrogen) atoms. The number of methoxy groups -OCH3 is 1. The lowest BCUT2D eigenvalue weighted by Crippen LogP contribution is -2.22. The Morgan fingerprint density at radius 2 is 2.38 bits per heavy atom. The molecule has 5 nitrogen and oxygen atoms in total. The van der Waals surface area contributed by atoms with Gasteiger partial charge in [0.25, 0.3) is 5.91 Å². The number of carbonyl (C=O) groups is 1. The number of hydrogen-bond donors (Lipinski definition) is 2. The number of anilines is 1. The fourth-order valence-electron chi connectivity index (χ4n) is 2.20. The van der Waals surface area contributed by atoms with E-state index in [1.807, 2.05) is 0 Å². The number of aromatic nitrogens is 1. The number of thiazole rings is 1. The van der Waals surface area contributed by atoms with Gasteiger partial charge in [-0.2, -0.15) is 0 Å². The van der Waals surface area contributed by atoms with Crippen LogP contribution < -0.4 is 15.4 Å². The monoisotopic (exact) mass is 323 g/mol. The van der Waals surface area contributed by atoms with E-state index in [-0.39, 0.29) is 5.91 Å². The highest BCUT2D eigenvalue weighted by Crippen LogP contribution is 2.28. The molecule has 0 unspecified atom stereocenters. The van der Waals surface area contributed by atoms with Gasteiger partial charge in [0.05, 0.1) is 18.4 Å². The van der Waals surface area contributed by atoms with E-state index in [2.05, 4.69) is 15.6 Å². The van der Waals surface area contributed by atoms with Crippen LogP contribution in [0, 0.1) is 0 Å². The maximum atomic E-state index is 12.3. The van der Waals surface area contributed by atoms with Crippen LogP contribution in [-0.4, -0.2) is 24.5 Å². The van der Waals surface area contributed by atoms with Crippen LogP contribution >= 0.6 is 22.9 Å². The number of amides is 1. The third-order valence-corrected chi connectivity index (χ3v) is 4.48. The zero-order valence-electron chi connectivity index (χ0n) is 11.4. The molecule has 0 bridgehead atoms. The SMILES string of the molecule is COc1cc(Cl)ccc1C(=O)Nc1nc2c(s1)CNCC2. The number of ether oxygens (including phenoxy) is 1. The summed E-state index contributed by atoms with van der Waals surface area (Å²) < 4.78 is 5.19. The van der Waals surface area contributed by atoms with Gasteiger partial charge in [-0.3, -0.25) is 10.1 Å². The maximum absolute atomic E-state index is 12.3. The molecule has 0 atom stereocenters. The van der Waals surface area contributed by atoms with Crippen molar-refractivity contribution in [2.75, 3.05) is 19.0 Å². The third-order valence-electron chi connectivity index (χ3n) is 3.23. The summed E-state index contributed by atoms with van der Waals surface area (Å²) in [6, 6.07) is 4.93. The van der Waals surface area contributed by atoms with Crippen LogP contribution in [0.1, 0.15) is 20.9 Å². The highest BCUT2D eigenvalue weighted by molar-refractivity contribution is 7.15. The molecule has 0 aliphatic carbocycles. The molecule has 0 fully saturated rings. The van der Waals surface area contributed by atoms with Gasteiger partial charge in [0, 0.05) is 29.4 Å². The summed E-state index contributed by atoms with van der Waals surface area (Å²) in [4.78, 5) is 18.0. The summed E-state index contributed by atoms with van der Waals surface area (Å²) in [6.07, 6.45) is 0.895.